The second-order valence-corrected chi connectivity index (χ2v) is 4.67. The molecule has 0 radical (unpaired) electrons. The van der Waals surface area contributed by atoms with Crippen molar-refractivity contribution in [3.05, 3.63) is 48.6 Å². The van der Waals surface area contributed by atoms with Gasteiger partial charge in [0.1, 0.15) is 6.61 Å². The Bertz CT molecular complexity index is 553. The van der Waals surface area contributed by atoms with Gasteiger partial charge >= 0.3 is 18.1 Å². The van der Waals surface area contributed by atoms with E-state index in [2.05, 4.69) is 16.1 Å². The smallest absolute Gasteiger partial charge is 0.461 e. The van der Waals surface area contributed by atoms with Gasteiger partial charge in [-0.3, -0.25) is 4.79 Å². The van der Waals surface area contributed by atoms with Crippen LogP contribution >= 0.6 is 0 Å². The molecule has 0 aromatic heterocycles. The van der Waals surface area contributed by atoms with E-state index in [0.29, 0.717) is 6.42 Å². The van der Waals surface area contributed by atoms with Gasteiger partial charge in [-0.15, -0.1) is 0 Å². The predicted molar refractivity (Wildman–Crippen MR) is 83.7 cm³/mol. The Labute approximate surface area is 140 Å². The van der Waals surface area contributed by atoms with Crippen molar-refractivity contribution in [2.75, 3.05) is 6.61 Å². The number of hydrogen-bond acceptors (Lipinski definition) is 7. The van der Waals surface area contributed by atoms with E-state index in [1.807, 2.05) is 30.3 Å². The Morgan fingerprint density at radius 2 is 1.83 bits per heavy atom. The molecule has 0 saturated carbocycles. The molecular formula is C17H20O7. The molecule has 0 aliphatic rings. The molecule has 0 N–H and O–H groups in total. The molecule has 7 nitrogen and oxygen atoms in total. The molecule has 130 valence electrons. The topological polar surface area (TPSA) is 88.1 Å². The lowest BCUT2D eigenvalue weighted by atomic mass is 10.2. The third-order valence-corrected chi connectivity index (χ3v) is 2.70. The summed E-state index contributed by atoms with van der Waals surface area (Å²) in [4.78, 5) is 33.7. The lowest BCUT2D eigenvalue weighted by Crippen LogP contribution is -2.21. The summed E-state index contributed by atoms with van der Waals surface area (Å²) in [6.45, 7) is 4.77. The van der Waals surface area contributed by atoms with Gasteiger partial charge in [-0.1, -0.05) is 36.9 Å². The van der Waals surface area contributed by atoms with Gasteiger partial charge in [0.15, 0.2) is 0 Å². The monoisotopic (exact) mass is 336 g/mol. The number of ether oxygens (including phenoxy) is 4. The first-order valence-electron chi connectivity index (χ1n) is 7.37. The molecule has 0 heterocycles. The van der Waals surface area contributed by atoms with Gasteiger partial charge < -0.3 is 18.9 Å². The largest absolute Gasteiger partial charge is 0.511 e. The van der Waals surface area contributed by atoms with Crippen molar-refractivity contribution < 1.29 is 33.3 Å². The highest BCUT2D eigenvalue weighted by Crippen LogP contribution is 2.04. The van der Waals surface area contributed by atoms with Gasteiger partial charge in [0.2, 0.25) is 6.29 Å². The number of carbonyl (C=O) groups excluding carboxylic acids is 3. The van der Waals surface area contributed by atoms with Crippen LogP contribution in [0.25, 0.3) is 0 Å². The van der Waals surface area contributed by atoms with E-state index >= 15 is 0 Å². The van der Waals surface area contributed by atoms with E-state index in [1.165, 1.54) is 6.92 Å². The summed E-state index contributed by atoms with van der Waals surface area (Å²) in [7, 11) is 0. The van der Waals surface area contributed by atoms with E-state index in [0.717, 1.165) is 11.6 Å². The van der Waals surface area contributed by atoms with Crippen LogP contribution in [-0.4, -0.2) is 31.0 Å². The van der Waals surface area contributed by atoms with Gasteiger partial charge in [-0.25, -0.2) is 9.59 Å². The zero-order chi connectivity index (χ0) is 17.8. The number of rotatable bonds is 9. The minimum atomic E-state index is -1.08. The SMILES string of the molecule is C=CC(=O)OC(C)OC(=O)OCCCC(=O)OCc1ccccc1. The zero-order valence-electron chi connectivity index (χ0n) is 13.4. The third-order valence-electron chi connectivity index (χ3n) is 2.70. The van der Waals surface area contributed by atoms with Gasteiger partial charge in [-0.2, -0.15) is 0 Å². The molecule has 7 heteroatoms. The van der Waals surface area contributed by atoms with Crippen LogP contribution in [-0.2, 0) is 35.1 Å². The normalized spacial score (nSPS) is 11.0. The predicted octanol–water partition coefficient (Wildman–Crippen LogP) is 2.74. The Balaban J connectivity index is 2.10. The van der Waals surface area contributed by atoms with Crippen LogP contribution in [0.2, 0.25) is 0 Å². The highest BCUT2D eigenvalue weighted by Gasteiger charge is 2.13. The lowest BCUT2D eigenvalue weighted by Gasteiger charge is -2.12. The molecule has 0 fully saturated rings. The maximum absolute atomic E-state index is 11.5. The van der Waals surface area contributed by atoms with Crippen molar-refractivity contribution in [1.29, 1.82) is 0 Å². The van der Waals surface area contributed by atoms with Crippen molar-refractivity contribution >= 4 is 18.1 Å². The molecule has 1 aromatic rings. The summed E-state index contributed by atoms with van der Waals surface area (Å²) < 4.78 is 19.1. The number of benzene rings is 1. The average molecular weight is 336 g/mol. The number of hydrogen-bond donors (Lipinski definition) is 0. The highest BCUT2D eigenvalue weighted by molar-refractivity contribution is 5.81. The first-order chi connectivity index (χ1) is 11.5. The van der Waals surface area contributed by atoms with Crippen LogP contribution in [0.1, 0.15) is 25.3 Å². The molecular weight excluding hydrogens is 316 g/mol. The number of carbonyl (C=O) groups is 3. The Kier molecular flexibility index (Phi) is 8.67. The average Bonchev–Trinajstić information content (AvgIpc) is 2.57. The van der Waals surface area contributed by atoms with Crippen LogP contribution in [0.4, 0.5) is 4.79 Å². The van der Waals surface area contributed by atoms with Gasteiger partial charge in [-0.05, 0) is 12.0 Å². The fourth-order valence-electron chi connectivity index (χ4n) is 1.59. The maximum atomic E-state index is 11.5. The summed E-state index contributed by atoms with van der Waals surface area (Å²) >= 11 is 0. The molecule has 0 spiro atoms. The van der Waals surface area contributed by atoms with Crippen LogP contribution in [0.3, 0.4) is 0 Å². The highest BCUT2D eigenvalue weighted by atomic mass is 16.8. The molecule has 0 aliphatic carbocycles. The first kappa shape index (κ1) is 19.2. The second-order valence-electron chi connectivity index (χ2n) is 4.67. The summed E-state index contributed by atoms with van der Waals surface area (Å²) in [6, 6.07) is 9.30. The summed E-state index contributed by atoms with van der Waals surface area (Å²) in [5.74, 6) is -1.10. The van der Waals surface area contributed by atoms with Crippen LogP contribution in [0.5, 0.6) is 0 Å². The molecule has 1 aromatic carbocycles. The van der Waals surface area contributed by atoms with Gasteiger partial charge in [0, 0.05) is 19.4 Å². The second kappa shape index (κ2) is 10.8. The zero-order valence-corrected chi connectivity index (χ0v) is 13.4. The van der Waals surface area contributed by atoms with Crippen LogP contribution in [0.15, 0.2) is 43.0 Å². The van der Waals surface area contributed by atoms with Crippen LogP contribution in [0, 0.1) is 0 Å². The van der Waals surface area contributed by atoms with Gasteiger partial charge in [0.25, 0.3) is 0 Å². The van der Waals surface area contributed by atoms with Crippen molar-refractivity contribution in [1.82, 2.24) is 0 Å². The van der Waals surface area contributed by atoms with Crippen molar-refractivity contribution in [2.45, 2.75) is 32.7 Å². The van der Waals surface area contributed by atoms with Crippen LogP contribution < -0.4 is 0 Å². The van der Waals surface area contributed by atoms with E-state index in [9.17, 15) is 14.4 Å². The summed E-state index contributed by atoms with van der Waals surface area (Å²) in [5, 5.41) is 0. The quantitative estimate of drug-likeness (QED) is 0.225. The molecule has 24 heavy (non-hydrogen) atoms. The Morgan fingerprint density at radius 1 is 1.12 bits per heavy atom. The number of esters is 2. The fourth-order valence-corrected chi connectivity index (χ4v) is 1.59. The molecule has 1 rings (SSSR count). The standard InChI is InChI=1S/C17H20O7/c1-3-15(18)23-13(2)24-17(20)21-11-7-10-16(19)22-12-14-8-5-4-6-9-14/h3-6,8-9,13H,1,7,10-12H2,2H3. The first-order valence-corrected chi connectivity index (χ1v) is 7.37. The van der Waals surface area contributed by atoms with Crippen molar-refractivity contribution in [3.63, 3.8) is 0 Å². The summed E-state index contributed by atoms with van der Waals surface area (Å²) in [6.07, 6.45) is -0.715. The third kappa shape index (κ3) is 8.57. The molecule has 0 saturated heterocycles. The Morgan fingerprint density at radius 3 is 2.50 bits per heavy atom. The van der Waals surface area contributed by atoms with Crippen molar-refractivity contribution in [3.8, 4) is 0 Å². The minimum Gasteiger partial charge on any atom is -0.461 e. The van der Waals surface area contributed by atoms with E-state index in [4.69, 9.17) is 9.47 Å². The lowest BCUT2D eigenvalue weighted by molar-refractivity contribution is -0.162. The Hall–Kier alpha value is -2.83. The van der Waals surface area contributed by atoms with E-state index in [1.54, 1.807) is 0 Å². The van der Waals surface area contributed by atoms with Crippen molar-refractivity contribution in [2.24, 2.45) is 0 Å². The molecule has 0 amide bonds. The molecule has 1 atom stereocenters. The van der Waals surface area contributed by atoms with E-state index in [-0.39, 0.29) is 25.6 Å². The minimum absolute atomic E-state index is 0.0125. The molecule has 1 unspecified atom stereocenters. The maximum Gasteiger partial charge on any atom is 0.511 e. The summed E-state index contributed by atoms with van der Waals surface area (Å²) in [5.41, 5.74) is 0.897. The molecule has 0 aliphatic heterocycles. The van der Waals surface area contributed by atoms with Gasteiger partial charge in [0.05, 0.1) is 6.61 Å². The fraction of sp³-hybridized carbons (Fsp3) is 0.353. The molecule has 0 bridgehead atoms. The van der Waals surface area contributed by atoms with E-state index < -0.39 is 18.4 Å².